The van der Waals surface area contributed by atoms with E-state index in [0.717, 1.165) is 20.5 Å². The van der Waals surface area contributed by atoms with Gasteiger partial charge in [0.15, 0.2) is 0 Å². The second-order valence-corrected chi connectivity index (χ2v) is 8.77. The fourth-order valence-electron chi connectivity index (χ4n) is 2.80. The van der Waals surface area contributed by atoms with E-state index in [1.165, 1.54) is 0 Å². The second-order valence-electron chi connectivity index (χ2n) is 7.26. The summed E-state index contributed by atoms with van der Waals surface area (Å²) >= 11 is 8.29. The van der Waals surface area contributed by atoms with Crippen molar-refractivity contribution in [2.75, 3.05) is 0 Å². The molecule has 134 valence electrons. The summed E-state index contributed by atoms with van der Waals surface area (Å²) in [4.78, 5) is 14.3. The number of nitrogens with zero attached hydrogens (tertiary/aromatic N) is 3. The van der Waals surface area contributed by atoms with Crippen LogP contribution in [0.3, 0.4) is 0 Å². The average molecular weight is 474 g/mol. The van der Waals surface area contributed by atoms with Gasteiger partial charge in [-0.15, -0.1) is 0 Å². The third-order valence-corrected chi connectivity index (χ3v) is 5.41. The number of benzene rings is 1. The van der Waals surface area contributed by atoms with Crippen LogP contribution >= 0.6 is 34.2 Å². The van der Waals surface area contributed by atoms with E-state index in [1.807, 2.05) is 56.6 Å². The first-order valence-corrected chi connectivity index (χ1v) is 9.62. The van der Waals surface area contributed by atoms with Crippen LogP contribution in [-0.2, 0) is 17.8 Å². The smallest absolute Gasteiger partial charge is 0.410 e. The van der Waals surface area contributed by atoms with Crippen molar-refractivity contribution in [3.8, 4) is 11.3 Å². The highest BCUT2D eigenvalue weighted by molar-refractivity contribution is 14.1. The molecule has 1 aliphatic heterocycles. The maximum atomic E-state index is 12.5. The highest BCUT2D eigenvalue weighted by atomic mass is 127. The van der Waals surface area contributed by atoms with Gasteiger partial charge in [-0.1, -0.05) is 23.7 Å². The quantitative estimate of drug-likeness (QED) is 0.551. The molecule has 7 heteroatoms. The van der Waals surface area contributed by atoms with E-state index in [4.69, 9.17) is 21.4 Å². The van der Waals surface area contributed by atoms with E-state index < -0.39 is 5.60 Å². The highest BCUT2D eigenvalue weighted by Gasteiger charge is 2.33. The lowest BCUT2D eigenvalue weighted by Crippen LogP contribution is -2.47. The average Bonchev–Trinajstić information content (AvgIpc) is 2.81. The van der Waals surface area contributed by atoms with Crippen LogP contribution in [0.15, 0.2) is 24.3 Å². The Bertz CT molecular complexity index is 796. The van der Waals surface area contributed by atoms with Gasteiger partial charge in [-0.2, -0.15) is 5.10 Å². The van der Waals surface area contributed by atoms with Gasteiger partial charge in [-0.25, -0.2) is 4.79 Å². The van der Waals surface area contributed by atoms with E-state index >= 15 is 0 Å². The van der Waals surface area contributed by atoms with E-state index in [1.54, 1.807) is 4.90 Å². The zero-order chi connectivity index (χ0) is 18.4. The maximum absolute atomic E-state index is 12.5. The second kappa shape index (κ2) is 6.79. The minimum Gasteiger partial charge on any atom is -0.444 e. The number of hydrogen-bond acceptors (Lipinski definition) is 3. The predicted octanol–water partition coefficient (Wildman–Crippen LogP) is 4.95. The molecule has 0 radical (unpaired) electrons. The number of ether oxygens (including phenoxy) is 1. The van der Waals surface area contributed by atoms with Crippen molar-refractivity contribution in [2.45, 2.75) is 52.4 Å². The number of halogens is 2. The molecule has 2 aromatic rings. The van der Waals surface area contributed by atoms with Gasteiger partial charge < -0.3 is 4.74 Å². The first kappa shape index (κ1) is 18.5. The minimum atomic E-state index is -0.504. The first-order valence-electron chi connectivity index (χ1n) is 8.16. The van der Waals surface area contributed by atoms with Gasteiger partial charge in [-0.3, -0.25) is 9.58 Å². The van der Waals surface area contributed by atoms with Crippen molar-refractivity contribution in [3.05, 3.63) is 38.6 Å². The fourth-order valence-corrected chi connectivity index (χ4v) is 3.79. The Hall–Kier alpha value is -1.28. The monoisotopic (exact) mass is 473 g/mol. The number of carbonyl (C=O) groups is 1. The van der Waals surface area contributed by atoms with Crippen LogP contribution in [-0.4, -0.2) is 32.4 Å². The van der Waals surface area contributed by atoms with E-state index in [9.17, 15) is 4.79 Å². The molecule has 0 N–H and O–H groups in total. The minimum absolute atomic E-state index is 0.0242. The van der Waals surface area contributed by atoms with Gasteiger partial charge in [0.1, 0.15) is 11.3 Å². The summed E-state index contributed by atoms with van der Waals surface area (Å²) < 4.78 is 8.60. The lowest BCUT2D eigenvalue weighted by Gasteiger charge is -2.35. The predicted molar refractivity (Wildman–Crippen MR) is 107 cm³/mol. The van der Waals surface area contributed by atoms with Crippen LogP contribution in [0.25, 0.3) is 11.3 Å². The van der Waals surface area contributed by atoms with Crippen LogP contribution in [0.4, 0.5) is 4.79 Å². The summed E-state index contributed by atoms with van der Waals surface area (Å²) in [5, 5.41) is 5.46. The zero-order valence-electron chi connectivity index (χ0n) is 14.7. The Kier molecular flexibility index (Phi) is 5.03. The molecule has 25 heavy (non-hydrogen) atoms. The van der Waals surface area contributed by atoms with Gasteiger partial charge >= 0.3 is 6.09 Å². The van der Waals surface area contributed by atoms with Crippen molar-refractivity contribution in [1.29, 1.82) is 0 Å². The van der Waals surface area contributed by atoms with Gasteiger partial charge in [0.25, 0.3) is 0 Å². The van der Waals surface area contributed by atoms with Crippen LogP contribution in [0.2, 0.25) is 5.02 Å². The molecule has 0 aliphatic carbocycles. The molecule has 1 aromatic heterocycles. The lowest BCUT2D eigenvalue weighted by atomic mass is 10.1. The van der Waals surface area contributed by atoms with Gasteiger partial charge in [-0.05, 0) is 62.4 Å². The lowest BCUT2D eigenvalue weighted by molar-refractivity contribution is 0.00899. The number of aromatic nitrogens is 2. The Morgan fingerprint density at radius 1 is 1.32 bits per heavy atom. The Labute approximate surface area is 166 Å². The summed E-state index contributed by atoms with van der Waals surface area (Å²) in [6.45, 7) is 8.81. The molecule has 5 nitrogen and oxygen atoms in total. The summed E-state index contributed by atoms with van der Waals surface area (Å²) in [5.74, 6) is 0. The molecule has 1 amide bonds. The molecule has 0 unspecified atom stereocenters. The van der Waals surface area contributed by atoms with Crippen molar-refractivity contribution >= 4 is 40.3 Å². The van der Waals surface area contributed by atoms with E-state index in [-0.39, 0.29) is 12.1 Å². The van der Waals surface area contributed by atoms with Crippen molar-refractivity contribution in [3.63, 3.8) is 0 Å². The summed E-state index contributed by atoms with van der Waals surface area (Å²) in [6.07, 6.45) is -0.281. The Balaban J connectivity index is 1.90. The maximum Gasteiger partial charge on any atom is 0.410 e. The number of carbonyl (C=O) groups excluding carboxylic acids is 1. The molecule has 1 aromatic carbocycles. The molecular formula is C18H21ClIN3O2. The van der Waals surface area contributed by atoms with Crippen LogP contribution in [0.1, 0.15) is 33.4 Å². The van der Waals surface area contributed by atoms with Crippen LogP contribution in [0, 0.1) is 3.57 Å². The zero-order valence-corrected chi connectivity index (χ0v) is 17.6. The first-order chi connectivity index (χ1) is 11.7. The third kappa shape index (κ3) is 3.95. The fraction of sp³-hybridized carbons (Fsp3) is 0.444. The summed E-state index contributed by atoms with van der Waals surface area (Å²) in [6, 6.07) is 7.68. The van der Waals surface area contributed by atoms with Gasteiger partial charge in [0, 0.05) is 10.6 Å². The molecule has 1 atom stereocenters. The molecular weight excluding hydrogens is 453 g/mol. The SMILES string of the molecule is C[C@@H]1Cn2nc(-c3ccc(Cl)cc3)c(I)c2CN1C(=O)OC(C)(C)C. The standard InChI is InChI=1S/C18H21ClIN3O2/c1-11-9-23-14(10-22(11)17(24)25-18(2,3)4)15(20)16(21-23)12-5-7-13(19)8-6-12/h5-8,11H,9-10H2,1-4H3/t11-/m1/s1. The van der Waals surface area contributed by atoms with E-state index in [0.29, 0.717) is 18.1 Å². The molecule has 0 saturated carbocycles. The number of hydrogen-bond donors (Lipinski definition) is 0. The van der Waals surface area contributed by atoms with Gasteiger partial charge in [0.2, 0.25) is 0 Å². The molecule has 0 spiro atoms. The number of fused-ring (bicyclic) bond motifs is 1. The largest absolute Gasteiger partial charge is 0.444 e. The summed E-state index contributed by atoms with van der Waals surface area (Å²) in [7, 11) is 0. The number of amides is 1. The molecule has 3 rings (SSSR count). The summed E-state index contributed by atoms with van der Waals surface area (Å²) in [5.41, 5.74) is 2.48. The molecule has 0 saturated heterocycles. The Morgan fingerprint density at radius 2 is 1.96 bits per heavy atom. The Morgan fingerprint density at radius 3 is 2.56 bits per heavy atom. The van der Waals surface area contributed by atoms with Gasteiger partial charge in [0.05, 0.1) is 28.4 Å². The van der Waals surface area contributed by atoms with Crippen molar-refractivity contribution in [1.82, 2.24) is 14.7 Å². The normalized spacial score (nSPS) is 17.4. The molecule has 1 aliphatic rings. The van der Waals surface area contributed by atoms with E-state index in [2.05, 4.69) is 22.6 Å². The molecule has 2 heterocycles. The third-order valence-electron chi connectivity index (χ3n) is 4.03. The highest BCUT2D eigenvalue weighted by Crippen LogP contribution is 2.32. The topological polar surface area (TPSA) is 47.4 Å². The number of rotatable bonds is 1. The van der Waals surface area contributed by atoms with Crippen LogP contribution in [0.5, 0.6) is 0 Å². The van der Waals surface area contributed by atoms with Crippen LogP contribution < -0.4 is 0 Å². The van der Waals surface area contributed by atoms with Crippen molar-refractivity contribution in [2.24, 2.45) is 0 Å². The molecule has 0 bridgehead atoms. The molecule has 0 fully saturated rings. The van der Waals surface area contributed by atoms with Crippen molar-refractivity contribution < 1.29 is 9.53 Å².